The van der Waals surface area contributed by atoms with Crippen molar-refractivity contribution < 1.29 is 4.79 Å². The smallest absolute Gasteiger partial charge is 0.222 e. The van der Waals surface area contributed by atoms with E-state index in [4.69, 9.17) is 0 Å². The van der Waals surface area contributed by atoms with Crippen LogP contribution in [0, 0.1) is 0 Å². The van der Waals surface area contributed by atoms with Gasteiger partial charge in [0.15, 0.2) is 0 Å². The Morgan fingerprint density at radius 2 is 1.95 bits per heavy atom. The maximum Gasteiger partial charge on any atom is 0.222 e. The topological polar surface area (TPSA) is 54.0 Å². The normalized spacial score (nSPS) is 10.1. The number of carbonyl (C=O) groups excluding carboxylic acids is 1. The van der Waals surface area contributed by atoms with Crippen LogP contribution in [0.2, 0.25) is 0 Å². The highest BCUT2D eigenvalue weighted by Crippen LogP contribution is 2.10. The Balaban J connectivity index is 1.73. The van der Waals surface area contributed by atoms with Crippen molar-refractivity contribution in [1.82, 2.24) is 4.98 Å². The quantitative estimate of drug-likeness (QED) is 0.792. The number of anilines is 2. The highest BCUT2D eigenvalue weighted by atomic mass is 16.1. The van der Waals surface area contributed by atoms with Crippen molar-refractivity contribution in [2.45, 2.75) is 19.8 Å². The number of hydrogen-bond donors (Lipinski definition) is 2. The van der Waals surface area contributed by atoms with Crippen molar-refractivity contribution in [3.8, 4) is 0 Å². The first-order chi connectivity index (χ1) is 9.74. The summed E-state index contributed by atoms with van der Waals surface area (Å²) in [5.74, 6) is 0.466. The Labute approximate surface area is 119 Å². The minimum atomic E-state index is -0.110. The lowest BCUT2D eigenvalue weighted by atomic mass is 10.1. The Morgan fingerprint density at radius 3 is 2.60 bits per heavy atom. The molecule has 1 aromatic carbocycles. The molecule has 0 saturated carbocycles. The second-order valence-corrected chi connectivity index (χ2v) is 4.63. The summed E-state index contributed by atoms with van der Waals surface area (Å²) in [5, 5.41) is 5.96. The Bertz CT molecular complexity index is 537. The zero-order valence-electron chi connectivity index (χ0n) is 11.6. The predicted molar refractivity (Wildman–Crippen MR) is 81.8 cm³/mol. The second kappa shape index (κ2) is 7.28. The summed E-state index contributed by atoms with van der Waals surface area (Å²) < 4.78 is 0. The van der Waals surface area contributed by atoms with Crippen molar-refractivity contribution in [3.63, 3.8) is 0 Å². The highest BCUT2D eigenvalue weighted by Gasteiger charge is 1.97. The summed E-state index contributed by atoms with van der Waals surface area (Å²) in [6.45, 7) is 2.37. The molecular formula is C16H19N3O. The third-order valence-electron chi connectivity index (χ3n) is 2.88. The number of benzene rings is 1. The van der Waals surface area contributed by atoms with E-state index in [1.807, 2.05) is 12.1 Å². The first-order valence-electron chi connectivity index (χ1n) is 6.75. The fourth-order valence-corrected chi connectivity index (χ4v) is 1.92. The fourth-order valence-electron chi connectivity index (χ4n) is 1.92. The van der Waals surface area contributed by atoms with Gasteiger partial charge in [-0.2, -0.15) is 0 Å². The average molecular weight is 269 g/mol. The molecule has 20 heavy (non-hydrogen) atoms. The van der Waals surface area contributed by atoms with Crippen LogP contribution in [0.15, 0.2) is 48.7 Å². The Kier molecular flexibility index (Phi) is 5.12. The molecule has 4 heteroatoms. The molecule has 0 bridgehead atoms. The molecule has 1 amide bonds. The summed E-state index contributed by atoms with van der Waals surface area (Å²) in [5.41, 5.74) is 2.32. The number of amides is 1. The summed E-state index contributed by atoms with van der Waals surface area (Å²) in [6.07, 6.45) is 3.86. The van der Waals surface area contributed by atoms with Crippen molar-refractivity contribution >= 4 is 17.4 Å². The van der Waals surface area contributed by atoms with E-state index in [-0.39, 0.29) is 5.91 Å². The zero-order chi connectivity index (χ0) is 14.2. The number of nitrogens with zero attached hydrogens (tertiary/aromatic N) is 1. The summed E-state index contributed by atoms with van der Waals surface area (Å²) in [6, 6.07) is 14.2. The number of carbonyl (C=O) groups is 1. The van der Waals surface area contributed by atoms with Gasteiger partial charge in [-0.1, -0.05) is 30.3 Å². The molecule has 0 unspecified atom stereocenters. The first-order valence-corrected chi connectivity index (χ1v) is 6.75. The SMILES string of the molecule is CC(=O)Nc1ccc(NCCCc2ccccc2)cn1. The number of aromatic nitrogens is 1. The van der Waals surface area contributed by atoms with Gasteiger partial charge in [0, 0.05) is 13.5 Å². The Morgan fingerprint density at radius 1 is 1.15 bits per heavy atom. The van der Waals surface area contributed by atoms with Gasteiger partial charge in [0.1, 0.15) is 5.82 Å². The first kappa shape index (κ1) is 14.1. The van der Waals surface area contributed by atoms with E-state index in [9.17, 15) is 4.79 Å². The molecule has 0 saturated heterocycles. The van der Waals surface area contributed by atoms with Gasteiger partial charge in [-0.25, -0.2) is 4.98 Å². The predicted octanol–water partition coefficient (Wildman–Crippen LogP) is 3.08. The summed E-state index contributed by atoms with van der Waals surface area (Å²) in [4.78, 5) is 15.0. The van der Waals surface area contributed by atoms with Gasteiger partial charge in [-0.3, -0.25) is 4.79 Å². The van der Waals surface area contributed by atoms with Gasteiger partial charge in [-0.15, -0.1) is 0 Å². The van der Waals surface area contributed by atoms with Crippen molar-refractivity contribution in [2.75, 3.05) is 17.2 Å². The molecule has 0 radical (unpaired) electrons. The van der Waals surface area contributed by atoms with Crippen molar-refractivity contribution in [2.24, 2.45) is 0 Å². The van der Waals surface area contributed by atoms with E-state index in [1.54, 1.807) is 12.3 Å². The molecular weight excluding hydrogens is 250 g/mol. The number of hydrogen-bond acceptors (Lipinski definition) is 3. The van der Waals surface area contributed by atoms with Crippen LogP contribution in [0.5, 0.6) is 0 Å². The lowest BCUT2D eigenvalue weighted by Gasteiger charge is -2.07. The van der Waals surface area contributed by atoms with Gasteiger partial charge >= 0.3 is 0 Å². The van der Waals surface area contributed by atoms with Crippen LogP contribution >= 0.6 is 0 Å². The summed E-state index contributed by atoms with van der Waals surface area (Å²) >= 11 is 0. The lowest BCUT2D eigenvalue weighted by molar-refractivity contribution is -0.114. The minimum Gasteiger partial charge on any atom is -0.384 e. The Hall–Kier alpha value is -2.36. The maximum absolute atomic E-state index is 10.9. The van der Waals surface area contributed by atoms with Crippen LogP contribution in [0.3, 0.4) is 0 Å². The number of pyridine rings is 1. The van der Waals surface area contributed by atoms with Crippen molar-refractivity contribution in [3.05, 3.63) is 54.2 Å². The third kappa shape index (κ3) is 4.72. The fraction of sp³-hybridized carbons (Fsp3) is 0.250. The van der Waals surface area contributed by atoms with Gasteiger partial charge in [0.25, 0.3) is 0 Å². The molecule has 0 spiro atoms. The van der Waals surface area contributed by atoms with Crippen LogP contribution in [0.25, 0.3) is 0 Å². The molecule has 2 aromatic rings. The van der Waals surface area contributed by atoms with E-state index >= 15 is 0 Å². The third-order valence-corrected chi connectivity index (χ3v) is 2.88. The van der Waals surface area contributed by atoms with E-state index in [2.05, 4.69) is 39.9 Å². The lowest BCUT2D eigenvalue weighted by Crippen LogP contribution is -2.08. The molecule has 0 aliphatic rings. The van der Waals surface area contributed by atoms with Gasteiger partial charge in [0.2, 0.25) is 5.91 Å². The van der Waals surface area contributed by atoms with E-state index < -0.39 is 0 Å². The molecule has 1 aromatic heterocycles. The largest absolute Gasteiger partial charge is 0.384 e. The molecule has 1 heterocycles. The maximum atomic E-state index is 10.9. The molecule has 4 nitrogen and oxygen atoms in total. The second-order valence-electron chi connectivity index (χ2n) is 4.63. The van der Waals surface area contributed by atoms with Crippen LogP contribution in [-0.4, -0.2) is 17.4 Å². The monoisotopic (exact) mass is 269 g/mol. The van der Waals surface area contributed by atoms with Gasteiger partial charge < -0.3 is 10.6 Å². The van der Waals surface area contributed by atoms with Crippen LogP contribution in [0.1, 0.15) is 18.9 Å². The molecule has 0 aliphatic heterocycles. The average Bonchev–Trinajstić information content (AvgIpc) is 2.46. The van der Waals surface area contributed by atoms with E-state index in [0.29, 0.717) is 5.82 Å². The minimum absolute atomic E-state index is 0.110. The zero-order valence-corrected chi connectivity index (χ0v) is 11.6. The molecule has 0 aliphatic carbocycles. The van der Waals surface area contributed by atoms with E-state index in [0.717, 1.165) is 25.1 Å². The highest BCUT2D eigenvalue weighted by molar-refractivity contribution is 5.87. The van der Waals surface area contributed by atoms with Crippen LogP contribution in [-0.2, 0) is 11.2 Å². The molecule has 2 N–H and O–H groups in total. The van der Waals surface area contributed by atoms with E-state index in [1.165, 1.54) is 12.5 Å². The van der Waals surface area contributed by atoms with Crippen LogP contribution < -0.4 is 10.6 Å². The molecule has 0 fully saturated rings. The number of rotatable bonds is 6. The van der Waals surface area contributed by atoms with Crippen molar-refractivity contribution in [1.29, 1.82) is 0 Å². The van der Waals surface area contributed by atoms with Gasteiger partial charge in [0.05, 0.1) is 11.9 Å². The number of nitrogens with one attached hydrogen (secondary N) is 2. The standard InChI is InChI=1S/C16H19N3O/c1-13(20)19-16-10-9-15(12-18-16)17-11-5-8-14-6-3-2-4-7-14/h2-4,6-7,9-10,12,17H,5,8,11H2,1H3,(H,18,19,20). The van der Waals surface area contributed by atoms with Gasteiger partial charge in [-0.05, 0) is 30.5 Å². The summed E-state index contributed by atoms with van der Waals surface area (Å²) in [7, 11) is 0. The molecule has 0 atom stereocenters. The molecule has 104 valence electrons. The number of aryl methyl sites for hydroxylation is 1. The van der Waals surface area contributed by atoms with Crippen LogP contribution in [0.4, 0.5) is 11.5 Å². The molecule has 2 rings (SSSR count).